The van der Waals surface area contributed by atoms with Crippen LogP contribution in [-0.2, 0) is 19.1 Å². The van der Waals surface area contributed by atoms with Crippen molar-refractivity contribution in [3.05, 3.63) is 11.6 Å². The van der Waals surface area contributed by atoms with Crippen LogP contribution in [0.1, 0.15) is 78.6 Å². The number of ketones is 2. The Morgan fingerprint density at radius 3 is 2.62 bits per heavy atom. The fraction of sp³-hybridized carbons (Fsp3) is 0.792. The molecule has 29 heavy (non-hydrogen) atoms. The lowest BCUT2D eigenvalue weighted by Crippen LogP contribution is -2.51. The molecule has 3 fully saturated rings. The van der Waals surface area contributed by atoms with Gasteiger partial charge in [-0.25, -0.2) is 4.39 Å². The minimum Gasteiger partial charge on any atom is -0.431 e. The molecule has 4 nitrogen and oxygen atoms in total. The van der Waals surface area contributed by atoms with E-state index in [4.69, 9.17) is 0 Å². The number of ether oxygens (including phenoxy) is 1. The van der Waals surface area contributed by atoms with E-state index >= 15 is 0 Å². The first kappa shape index (κ1) is 20.7. The van der Waals surface area contributed by atoms with Gasteiger partial charge in [-0.15, -0.1) is 0 Å². The first-order valence-corrected chi connectivity index (χ1v) is 11.2. The van der Waals surface area contributed by atoms with Crippen molar-refractivity contribution in [2.45, 2.75) is 84.9 Å². The van der Waals surface area contributed by atoms with E-state index in [0.717, 1.165) is 51.9 Å². The van der Waals surface area contributed by atoms with Crippen molar-refractivity contribution in [2.24, 2.45) is 34.5 Å². The summed E-state index contributed by atoms with van der Waals surface area (Å²) < 4.78 is 18.5. The zero-order valence-electron chi connectivity index (χ0n) is 17.8. The van der Waals surface area contributed by atoms with Gasteiger partial charge >= 0.3 is 5.97 Å². The summed E-state index contributed by atoms with van der Waals surface area (Å²) in [5.41, 5.74) is 1.39. The standard InChI is InChI=1S/C24H33FO4/c1-14(26)29-22(25)13-21(28)20-7-6-18-17-5-4-15-12-16(27)8-10-23(15,2)19(17)9-11-24(18,20)3/h12,17-20,22H,4-11,13H2,1-3H3/t17-,18-,19-,20+,22?,23-,24-/m0/s1. The van der Waals surface area contributed by atoms with Crippen LogP contribution < -0.4 is 0 Å². The van der Waals surface area contributed by atoms with Crippen LogP contribution in [0, 0.1) is 34.5 Å². The quantitative estimate of drug-likeness (QED) is 0.622. The molecule has 4 aliphatic rings. The highest BCUT2D eigenvalue weighted by atomic mass is 19.1. The van der Waals surface area contributed by atoms with Gasteiger partial charge in [-0.3, -0.25) is 14.4 Å². The SMILES string of the molecule is CC(=O)OC(F)CC(=O)[C@H]1CC[C@H]2[C@@H]3CCC4=CC(=O)CC[C@]4(C)[C@H]3CC[C@]12C. The average Bonchev–Trinajstić information content (AvgIpc) is 2.99. The Morgan fingerprint density at radius 1 is 1.14 bits per heavy atom. The predicted octanol–water partition coefficient (Wildman–Crippen LogP) is 4.95. The van der Waals surface area contributed by atoms with Crippen LogP contribution in [0.4, 0.5) is 4.39 Å². The van der Waals surface area contributed by atoms with Gasteiger partial charge in [-0.05, 0) is 79.6 Å². The number of Topliss-reactive ketones (excluding diaryl/α,β-unsaturated/α-hetero) is 1. The Morgan fingerprint density at radius 2 is 1.90 bits per heavy atom. The van der Waals surface area contributed by atoms with Crippen LogP contribution in [0.2, 0.25) is 0 Å². The van der Waals surface area contributed by atoms with E-state index in [1.165, 1.54) is 5.57 Å². The maximum atomic E-state index is 13.9. The van der Waals surface area contributed by atoms with E-state index in [9.17, 15) is 18.8 Å². The molecule has 4 aliphatic carbocycles. The summed E-state index contributed by atoms with van der Waals surface area (Å²) >= 11 is 0. The molecule has 0 aromatic carbocycles. The summed E-state index contributed by atoms with van der Waals surface area (Å²) in [4.78, 5) is 35.8. The molecule has 1 unspecified atom stereocenters. The molecule has 0 heterocycles. The Hall–Kier alpha value is -1.52. The minimum atomic E-state index is -1.83. The van der Waals surface area contributed by atoms with Gasteiger partial charge in [0.05, 0.1) is 6.42 Å². The van der Waals surface area contributed by atoms with Crippen LogP contribution in [0.15, 0.2) is 11.6 Å². The number of hydrogen-bond donors (Lipinski definition) is 0. The summed E-state index contributed by atoms with van der Waals surface area (Å²) in [5, 5.41) is 0. The third-order valence-electron chi connectivity index (χ3n) is 9.01. The third-order valence-corrected chi connectivity index (χ3v) is 9.01. The number of esters is 1. The van der Waals surface area contributed by atoms with Crippen molar-refractivity contribution in [3.8, 4) is 0 Å². The van der Waals surface area contributed by atoms with E-state index in [-0.39, 0.29) is 34.7 Å². The molecule has 0 aliphatic heterocycles. The number of fused-ring (bicyclic) bond motifs is 5. The van der Waals surface area contributed by atoms with Crippen LogP contribution in [0.5, 0.6) is 0 Å². The maximum Gasteiger partial charge on any atom is 0.305 e. The molecule has 7 atom stereocenters. The number of halogens is 1. The van der Waals surface area contributed by atoms with Crippen molar-refractivity contribution < 1.29 is 23.5 Å². The lowest BCUT2D eigenvalue weighted by atomic mass is 9.46. The Bertz CT molecular complexity index is 758. The van der Waals surface area contributed by atoms with Gasteiger partial charge in [0.25, 0.3) is 0 Å². The van der Waals surface area contributed by atoms with Gasteiger partial charge in [-0.2, -0.15) is 0 Å². The second-order valence-corrected chi connectivity index (χ2v) is 10.3. The molecule has 0 aromatic heterocycles. The zero-order chi connectivity index (χ0) is 21.0. The molecule has 5 heteroatoms. The van der Waals surface area contributed by atoms with Crippen molar-refractivity contribution in [1.82, 2.24) is 0 Å². The second kappa shape index (κ2) is 7.31. The molecule has 0 N–H and O–H groups in total. The number of hydrogen-bond acceptors (Lipinski definition) is 4. The topological polar surface area (TPSA) is 60.4 Å². The molecule has 0 bridgehead atoms. The summed E-state index contributed by atoms with van der Waals surface area (Å²) in [5.74, 6) is 1.00. The number of carbonyl (C=O) groups excluding carboxylic acids is 3. The normalized spacial score (nSPS) is 42.2. The lowest BCUT2D eigenvalue weighted by molar-refractivity contribution is -0.158. The highest BCUT2D eigenvalue weighted by Gasteiger charge is 2.60. The highest BCUT2D eigenvalue weighted by Crippen LogP contribution is 2.66. The van der Waals surface area contributed by atoms with Gasteiger partial charge in [0, 0.05) is 19.3 Å². The smallest absolute Gasteiger partial charge is 0.305 e. The van der Waals surface area contributed by atoms with Gasteiger partial charge in [0.15, 0.2) is 5.78 Å². The zero-order valence-corrected chi connectivity index (χ0v) is 17.8. The molecule has 0 saturated heterocycles. The first-order chi connectivity index (χ1) is 13.6. The number of alkyl halides is 1. The van der Waals surface area contributed by atoms with Gasteiger partial charge in [0.2, 0.25) is 6.36 Å². The van der Waals surface area contributed by atoms with Crippen molar-refractivity contribution in [3.63, 3.8) is 0 Å². The van der Waals surface area contributed by atoms with E-state index < -0.39 is 12.3 Å². The summed E-state index contributed by atoms with van der Waals surface area (Å²) in [6.07, 6.45) is 7.35. The van der Waals surface area contributed by atoms with Crippen molar-refractivity contribution in [2.75, 3.05) is 0 Å². The Kier molecular flexibility index (Phi) is 5.23. The van der Waals surface area contributed by atoms with Gasteiger partial charge < -0.3 is 4.74 Å². The molecule has 160 valence electrons. The fourth-order valence-corrected chi connectivity index (χ4v) is 7.61. The fourth-order valence-electron chi connectivity index (χ4n) is 7.61. The molecule has 0 amide bonds. The van der Waals surface area contributed by atoms with Crippen LogP contribution >= 0.6 is 0 Å². The summed E-state index contributed by atoms with van der Waals surface area (Å²) in [7, 11) is 0. The van der Waals surface area contributed by atoms with Crippen LogP contribution in [0.25, 0.3) is 0 Å². The minimum absolute atomic E-state index is 0.0870. The third kappa shape index (κ3) is 3.38. The monoisotopic (exact) mass is 404 g/mol. The van der Waals surface area contributed by atoms with E-state index in [2.05, 4.69) is 18.6 Å². The van der Waals surface area contributed by atoms with Crippen LogP contribution in [0.3, 0.4) is 0 Å². The largest absolute Gasteiger partial charge is 0.431 e. The van der Waals surface area contributed by atoms with E-state index in [1.807, 2.05) is 6.08 Å². The summed E-state index contributed by atoms with van der Waals surface area (Å²) in [6, 6.07) is 0. The number of allylic oxidation sites excluding steroid dienone is 1. The molecule has 4 rings (SSSR count). The van der Waals surface area contributed by atoms with Crippen molar-refractivity contribution >= 4 is 17.5 Å². The van der Waals surface area contributed by atoms with Gasteiger partial charge in [0.1, 0.15) is 5.78 Å². The molecular formula is C24H33FO4. The van der Waals surface area contributed by atoms with Crippen LogP contribution in [-0.4, -0.2) is 23.9 Å². The highest BCUT2D eigenvalue weighted by molar-refractivity contribution is 5.91. The molecule has 3 saturated carbocycles. The Labute approximate surface area is 172 Å². The molecule has 0 aromatic rings. The first-order valence-electron chi connectivity index (χ1n) is 11.2. The molecule has 0 radical (unpaired) electrons. The second-order valence-electron chi connectivity index (χ2n) is 10.3. The summed E-state index contributed by atoms with van der Waals surface area (Å²) in [6.45, 7) is 5.76. The van der Waals surface area contributed by atoms with Gasteiger partial charge in [-0.1, -0.05) is 19.4 Å². The molecule has 0 spiro atoms. The predicted molar refractivity (Wildman–Crippen MR) is 106 cm³/mol. The van der Waals surface area contributed by atoms with E-state index in [1.54, 1.807) is 0 Å². The lowest BCUT2D eigenvalue weighted by Gasteiger charge is -2.58. The maximum absolute atomic E-state index is 13.9. The van der Waals surface area contributed by atoms with Crippen molar-refractivity contribution in [1.29, 1.82) is 0 Å². The number of rotatable bonds is 4. The molecular weight excluding hydrogens is 371 g/mol. The Balaban J connectivity index is 1.52. The average molecular weight is 405 g/mol. The van der Waals surface area contributed by atoms with E-state index in [0.29, 0.717) is 24.2 Å². The number of carbonyl (C=O) groups is 3.